The predicted octanol–water partition coefficient (Wildman–Crippen LogP) is 2.94. The van der Waals surface area contributed by atoms with Gasteiger partial charge in [-0.25, -0.2) is 0 Å². The van der Waals surface area contributed by atoms with Gasteiger partial charge in [-0.05, 0) is 17.7 Å². The molecule has 7 heteroatoms. The van der Waals surface area contributed by atoms with Crippen LogP contribution in [0.15, 0.2) is 29.2 Å². The van der Waals surface area contributed by atoms with Gasteiger partial charge in [0, 0.05) is 4.90 Å². The summed E-state index contributed by atoms with van der Waals surface area (Å²) in [5.41, 5.74) is 0.642. The summed E-state index contributed by atoms with van der Waals surface area (Å²) in [7, 11) is 0. The molecular formula is C11H11F3O3S. The molecule has 0 bridgehead atoms. The van der Waals surface area contributed by atoms with Crippen LogP contribution < -0.4 is 0 Å². The topological polar surface area (TPSA) is 46.5 Å². The van der Waals surface area contributed by atoms with E-state index in [1.54, 1.807) is 24.3 Å². The Hall–Kier alpha value is -1.21. The number of hydrogen-bond acceptors (Lipinski definition) is 3. The average Bonchev–Trinajstić information content (AvgIpc) is 2.24. The highest BCUT2D eigenvalue weighted by atomic mass is 32.2. The third kappa shape index (κ3) is 6.51. The fourth-order valence-electron chi connectivity index (χ4n) is 1.15. The van der Waals surface area contributed by atoms with Crippen LogP contribution in [0.1, 0.15) is 5.56 Å². The summed E-state index contributed by atoms with van der Waals surface area (Å²) in [5, 5.41) is 8.55. The molecule has 1 aromatic carbocycles. The van der Waals surface area contributed by atoms with Crippen LogP contribution in [0.5, 0.6) is 0 Å². The zero-order valence-corrected chi connectivity index (χ0v) is 10.1. The zero-order chi connectivity index (χ0) is 13.6. The van der Waals surface area contributed by atoms with E-state index in [-0.39, 0.29) is 12.4 Å². The second-order valence-corrected chi connectivity index (χ2v) is 4.44. The van der Waals surface area contributed by atoms with E-state index in [9.17, 15) is 18.0 Å². The van der Waals surface area contributed by atoms with E-state index in [0.29, 0.717) is 5.56 Å². The van der Waals surface area contributed by atoms with Crippen LogP contribution in [0.25, 0.3) is 0 Å². The molecule has 1 rings (SSSR count). The van der Waals surface area contributed by atoms with Gasteiger partial charge in [0.15, 0.2) is 0 Å². The Bertz CT molecular complexity index is 390. The Morgan fingerprint density at radius 3 is 2.39 bits per heavy atom. The average molecular weight is 280 g/mol. The van der Waals surface area contributed by atoms with Crippen LogP contribution in [-0.2, 0) is 16.0 Å². The number of carboxylic acid groups (broad SMARTS) is 1. The standard InChI is InChI=1S/C11H11F3O3S/c12-11(13,14)6-17-7-18-9-3-1-8(2-4-9)5-10(15)16/h1-4H,5-7H2,(H,15,16). The van der Waals surface area contributed by atoms with Crippen LogP contribution in [-0.4, -0.2) is 29.8 Å². The molecule has 0 aliphatic rings. The molecule has 18 heavy (non-hydrogen) atoms. The van der Waals surface area contributed by atoms with Gasteiger partial charge in [-0.1, -0.05) is 23.9 Å². The van der Waals surface area contributed by atoms with Gasteiger partial charge in [-0.15, -0.1) is 0 Å². The third-order valence-corrected chi connectivity index (χ3v) is 2.74. The Morgan fingerprint density at radius 1 is 1.28 bits per heavy atom. The zero-order valence-electron chi connectivity index (χ0n) is 9.24. The van der Waals surface area contributed by atoms with E-state index in [1.807, 2.05) is 0 Å². The molecule has 0 saturated carbocycles. The molecule has 100 valence electrons. The maximum Gasteiger partial charge on any atom is 0.411 e. The van der Waals surface area contributed by atoms with Gasteiger partial charge in [-0.2, -0.15) is 13.2 Å². The van der Waals surface area contributed by atoms with Crippen LogP contribution in [0.3, 0.4) is 0 Å². The first-order valence-corrected chi connectivity index (χ1v) is 5.93. The molecule has 0 amide bonds. The highest BCUT2D eigenvalue weighted by Gasteiger charge is 2.27. The van der Waals surface area contributed by atoms with E-state index in [4.69, 9.17) is 5.11 Å². The Kier molecular flexibility index (Phi) is 5.49. The van der Waals surface area contributed by atoms with Crippen molar-refractivity contribution in [1.82, 2.24) is 0 Å². The Morgan fingerprint density at radius 2 is 1.89 bits per heavy atom. The van der Waals surface area contributed by atoms with Crippen molar-refractivity contribution in [3.8, 4) is 0 Å². The Labute approximate surface area is 106 Å². The summed E-state index contributed by atoms with van der Waals surface area (Å²) in [6, 6.07) is 6.56. The van der Waals surface area contributed by atoms with Gasteiger partial charge in [0.1, 0.15) is 6.61 Å². The molecule has 0 spiro atoms. The van der Waals surface area contributed by atoms with Crippen molar-refractivity contribution >= 4 is 17.7 Å². The molecule has 1 N–H and O–H groups in total. The maximum atomic E-state index is 11.8. The molecule has 0 unspecified atom stereocenters. The lowest BCUT2D eigenvalue weighted by atomic mass is 10.2. The van der Waals surface area contributed by atoms with Crippen molar-refractivity contribution < 1.29 is 27.8 Å². The minimum absolute atomic E-state index is 0.0739. The fourth-order valence-corrected chi connectivity index (χ4v) is 1.78. The second-order valence-electron chi connectivity index (χ2n) is 3.44. The van der Waals surface area contributed by atoms with E-state index < -0.39 is 18.8 Å². The van der Waals surface area contributed by atoms with Crippen LogP contribution >= 0.6 is 11.8 Å². The number of thioether (sulfide) groups is 1. The first-order valence-electron chi connectivity index (χ1n) is 4.95. The molecule has 0 aliphatic carbocycles. The number of ether oxygens (including phenoxy) is 1. The van der Waals surface area contributed by atoms with Crippen LogP contribution in [0.4, 0.5) is 13.2 Å². The van der Waals surface area contributed by atoms with Crippen molar-refractivity contribution in [2.45, 2.75) is 17.5 Å². The number of carbonyl (C=O) groups is 1. The van der Waals surface area contributed by atoms with E-state index in [0.717, 1.165) is 16.7 Å². The monoisotopic (exact) mass is 280 g/mol. The van der Waals surface area contributed by atoms with Gasteiger partial charge in [-0.3, -0.25) is 4.79 Å². The van der Waals surface area contributed by atoms with Crippen molar-refractivity contribution in [2.24, 2.45) is 0 Å². The first-order chi connectivity index (χ1) is 8.37. The van der Waals surface area contributed by atoms with E-state index in [1.165, 1.54) is 0 Å². The van der Waals surface area contributed by atoms with Gasteiger partial charge in [0.05, 0.1) is 12.4 Å². The van der Waals surface area contributed by atoms with Crippen molar-refractivity contribution in [3.05, 3.63) is 29.8 Å². The lowest BCUT2D eigenvalue weighted by Crippen LogP contribution is -2.16. The molecular weight excluding hydrogens is 269 g/mol. The molecule has 0 aromatic heterocycles. The number of alkyl halides is 3. The molecule has 3 nitrogen and oxygen atoms in total. The normalized spacial score (nSPS) is 11.5. The second kappa shape index (κ2) is 6.65. The molecule has 0 fully saturated rings. The third-order valence-electron chi connectivity index (χ3n) is 1.85. The van der Waals surface area contributed by atoms with Crippen LogP contribution in [0, 0.1) is 0 Å². The number of aliphatic carboxylic acids is 1. The molecule has 0 aliphatic heterocycles. The van der Waals surface area contributed by atoms with Gasteiger partial charge < -0.3 is 9.84 Å². The van der Waals surface area contributed by atoms with Crippen LogP contribution in [0.2, 0.25) is 0 Å². The predicted molar refractivity (Wildman–Crippen MR) is 60.5 cm³/mol. The van der Waals surface area contributed by atoms with Gasteiger partial charge in [0.2, 0.25) is 0 Å². The first kappa shape index (κ1) is 14.8. The lowest BCUT2D eigenvalue weighted by Gasteiger charge is -2.07. The molecule has 0 atom stereocenters. The summed E-state index contributed by atoms with van der Waals surface area (Å²) in [6.45, 7) is -1.27. The number of hydrogen-bond donors (Lipinski definition) is 1. The lowest BCUT2D eigenvalue weighted by molar-refractivity contribution is -0.168. The summed E-state index contributed by atoms with van der Waals surface area (Å²) in [4.78, 5) is 11.2. The largest absolute Gasteiger partial charge is 0.481 e. The summed E-state index contributed by atoms with van der Waals surface area (Å²) in [5.74, 6) is -1.03. The van der Waals surface area contributed by atoms with E-state index >= 15 is 0 Å². The fraction of sp³-hybridized carbons (Fsp3) is 0.364. The quantitative estimate of drug-likeness (QED) is 0.494. The number of benzene rings is 1. The minimum atomic E-state index is -4.31. The van der Waals surface area contributed by atoms with Crippen molar-refractivity contribution in [3.63, 3.8) is 0 Å². The maximum absolute atomic E-state index is 11.8. The SMILES string of the molecule is O=C(O)Cc1ccc(SCOCC(F)(F)F)cc1. The molecule has 0 heterocycles. The summed E-state index contributed by atoms with van der Waals surface area (Å²) < 4.78 is 39.7. The molecule has 0 saturated heterocycles. The molecule has 1 aromatic rings. The number of halogens is 3. The van der Waals surface area contributed by atoms with Gasteiger partial charge >= 0.3 is 12.1 Å². The van der Waals surface area contributed by atoms with Gasteiger partial charge in [0.25, 0.3) is 0 Å². The Balaban J connectivity index is 2.33. The highest BCUT2D eigenvalue weighted by Crippen LogP contribution is 2.21. The van der Waals surface area contributed by atoms with E-state index in [2.05, 4.69) is 4.74 Å². The summed E-state index contributed by atoms with van der Waals surface area (Å²) >= 11 is 1.12. The van der Waals surface area contributed by atoms with Crippen molar-refractivity contribution in [1.29, 1.82) is 0 Å². The van der Waals surface area contributed by atoms with Crippen molar-refractivity contribution in [2.75, 3.05) is 12.5 Å². The minimum Gasteiger partial charge on any atom is -0.481 e. The highest BCUT2D eigenvalue weighted by molar-refractivity contribution is 7.99. The summed E-state index contributed by atoms with van der Waals surface area (Å²) in [6.07, 6.45) is -4.39. The molecule has 0 radical (unpaired) electrons. The number of rotatable bonds is 6. The smallest absolute Gasteiger partial charge is 0.411 e. The number of carboxylic acids is 1.